The van der Waals surface area contributed by atoms with Crippen LogP contribution >= 0.6 is 0 Å². The highest BCUT2D eigenvalue weighted by molar-refractivity contribution is 5.89. The number of halogens is 1. The first-order valence-corrected chi connectivity index (χ1v) is 7.00. The third-order valence-electron chi connectivity index (χ3n) is 3.09. The summed E-state index contributed by atoms with van der Waals surface area (Å²) in [7, 11) is 0. The lowest BCUT2D eigenvalue weighted by Gasteiger charge is -2.10. The Kier molecular flexibility index (Phi) is 5.32. The Morgan fingerprint density at radius 2 is 1.90 bits per heavy atom. The first kappa shape index (κ1) is 15.0. The summed E-state index contributed by atoms with van der Waals surface area (Å²) >= 11 is 0. The molecule has 2 aromatic rings. The second-order valence-electron chi connectivity index (χ2n) is 4.89. The fourth-order valence-electron chi connectivity index (χ4n) is 2.10. The SMILES string of the molecule is CC(=O)Nc1ccc(F)c(NCCCc2ccccc2)c1. The van der Waals surface area contributed by atoms with Crippen molar-refractivity contribution >= 4 is 17.3 Å². The monoisotopic (exact) mass is 286 g/mol. The second kappa shape index (κ2) is 7.43. The van der Waals surface area contributed by atoms with E-state index in [1.165, 1.54) is 18.6 Å². The van der Waals surface area contributed by atoms with E-state index in [1.54, 1.807) is 12.1 Å². The van der Waals surface area contributed by atoms with Gasteiger partial charge in [0, 0.05) is 19.2 Å². The summed E-state index contributed by atoms with van der Waals surface area (Å²) < 4.78 is 13.7. The van der Waals surface area contributed by atoms with Crippen LogP contribution in [0.2, 0.25) is 0 Å². The van der Waals surface area contributed by atoms with Crippen molar-refractivity contribution < 1.29 is 9.18 Å². The lowest BCUT2D eigenvalue weighted by atomic mass is 10.1. The van der Waals surface area contributed by atoms with Gasteiger partial charge in [-0.05, 0) is 36.6 Å². The molecule has 0 saturated carbocycles. The van der Waals surface area contributed by atoms with Crippen molar-refractivity contribution in [3.05, 3.63) is 59.9 Å². The smallest absolute Gasteiger partial charge is 0.221 e. The number of carbonyl (C=O) groups is 1. The van der Waals surface area contributed by atoms with Gasteiger partial charge in [-0.2, -0.15) is 0 Å². The van der Waals surface area contributed by atoms with Crippen LogP contribution in [0, 0.1) is 5.82 Å². The van der Waals surface area contributed by atoms with Crippen LogP contribution < -0.4 is 10.6 Å². The maximum atomic E-state index is 13.7. The Morgan fingerprint density at radius 1 is 1.14 bits per heavy atom. The molecule has 0 radical (unpaired) electrons. The molecule has 4 heteroatoms. The fraction of sp³-hybridized carbons (Fsp3) is 0.235. The molecule has 110 valence electrons. The maximum Gasteiger partial charge on any atom is 0.221 e. The van der Waals surface area contributed by atoms with Gasteiger partial charge in [-0.3, -0.25) is 4.79 Å². The van der Waals surface area contributed by atoms with Crippen molar-refractivity contribution in [1.82, 2.24) is 0 Å². The van der Waals surface area contributed by atoms with Gasteiger partial charge in [-0.25, -0.2) is 4.39 Å². The van der Waals surface area contributed by atoms with Crippen LogP contribution in [-0.2, 0) is 11.2 Å². The normalized spacial score (nSPS) is 10.2. The van der Waals surface area contributed by atoms with Gasteiger partial charge in [0.1, 0.15) is 5.82 Å². The van der Waals surface area contributed by atoms with E-state index in [9.17, 15) is 9.18 Å². The molecule has 0 aromatic heterocycles. The van der Waals surface area contributed by atoms with Gasteiger partial charge in [-0.15, -0.1) is 0 Å². The molecule has 0 aliphatic rings. The van der Waals surface area contributed by atoms with Crippen LogP contribution in [0.5, 0.6) is 0 Å². The molecule has 1 amide bonds. The molecular weight excluding hydrogens is 267 g/mol. The first-order chi connectivity index (χ1) is 10.1. The van der Waals surface area contributed by atoms with E-state index >= 15 is 0 Å². The van der Waals surface area contributed by atoms with Crippen LogP contribution in [-0.4, -0.2) is 12.5 Å². The Bertz CT molecular complexity index is 599. The van der Waals surface area contributed by atoms with Gasteiger partial charge in [0.15, 0.2) is 0 Å². The summed E-state index contributed by atoms with van der Waals surface area (Å²) in [5.41, 5.74) is 2.27. The van der Waals surface area contributed by atoms with E-state index in [1.807, 2.05) is 18.2 Å². The number of rotatable bonds is 6. The highest BCUT2D eigenvalue weighted by Gasteiger charge is 2.04. The third-order valence-corrected chi connectivity index (χ3v) is 3.09. The minimum Gasteiger partial charge on any atom is -0.383 e. The van der Waals surface area contributed by atoms with Gasteiger partial charge >= 0.3 is 0 Å². The van der Waals surface area contributed by atoms with Crippen molar-refractivity contribution in [2.75, 3.05) is 17.2 Å². The van der Waals surface area contributed by atoms with Crippen LogP contribution in [0.4, 0.5) is 15.8 Å². The summed E-state index contributed by atoms with van der Waals surface area (Å²) in [6, 6.07) is 14.7. The number of hydrogen-bond acceptors (Lipinski definition) is 2. The van der Waals surface area contributed by atoms with Gasteiger partial charge in [0.25, 0.3) is 0 Å². The number of anilines is 2. The zero-order valence-corrected chi connectivity index (χ0v) is 12.0. The number of carbonyl (C=O) groups excluding carboxylic acids is 1. The van der Waals surface area contributed by atoms with E-state index in [2.05, 4.69) is 22.8 Å². The van der Waals surface area contributed by atoms with Crippen molar-refractivity contribution in [2.24, 2.45) is 0 Å². The highest BCUT2D eigenvalue weighted by atomic mass is 19.1. The van der Waals surface area contributed by atoms with Gasteiger partial charge in [0.2, 0.25) is 5.91 Å². The minimum absolute atomic E-state index is 0.170. The van der Waals surface area contributed by atoms with Crippen LogP contribution in [0.15, 0.2) is 48.5 Å². The van der Waals surface area contributed by atoms with Crippen LogP contribution in [0.1, 0.15) is 18.9 Å². The van der Waals surface area contributed by atoms with Crippen LogP contribution in [0.25, 0.3) is 0 Å². The molecule has 0 spiro atoms. The molecule has 0 unspecified atom stereocenters. The molecule has 2 N–H and O–H groups in total. The van der Waals surface area contributed by atoms with E-state index in [4.69, 9.17) is 0 Å². The Labute approximate surface area is 124 Å². The predicted molar refractivity (Wildman–Crippen MR) is 84.0 cm³/mol. The molecule has 0 bridgehead atoms. The number of aryl methyl sites for hydroxylation is 1. The Morgan fingerprint density at radius 3 is 2.62 bits per heavy atom. The summed E-state index contributed by atoms with van der Waals surface area (Å²) in [5.74, 6) is -0.486. The molecule has 0 aliphatic heterocycles. The second-order valence-corrected chi connectivity index (χ2v) is 4.89. The minimum atomic E-state index is -0.316. The Balaban J connectivity index is 1.86. The van der Waals surface area contributed by atoms with Gasteiger partial charge in [-0.1, -0.05) is 30.3 Å². The van der Waals surface area contributed by atoms with Crippen LogP contribution in [0.3, 0.4) is 0 Å². The molecule has 2 aromatic carbocycles. The molecule has 0 heterocycles. The quantitative estimate of drug-likeness (QED) is 0.792. The van der Waals surface area contributed by atoms with Gasteiger partial charge in [0.05, 0.1) is 5.69 Å². The molecule has 0 fully saturated rings. The topological polar surface area (TPSA) is 41.1 Å². The van der Waals surface area contributed by atoms with Crippen molar-refractivity contribution in [3.63, 3.8) is 0 Å². The standard InChI is InChI=1S/C17H19FN2O/c1-13(21)20-15-9-10-16(18)17(12-15)19-11-5-8-14-6-3-2-4-7-14/h2-4,6-7,9-10,12,19H,5,8,11H2,1H3,(H,20,21). The summed E-state index contributed by atoms with van der Waals surface area (Å²) in [5, 5.41) is 5.71. The lowest BCUT2D eigenvalue weighted by Crippen LogP contribution is -2.08. The average molecular weight is 286 g/mol. The predicted octanol–water partition coefficient (Wildman–Crippen LogP) is 3.83. The number of nitrogens with one attached hydrogen (secondary N) is 2. The molecule has 3 nitrogen and oxygen atoms in total. The zero-order chi connectivity index (χ0) is 15.1. The highest BCUT2D eigenvalue weighted by Crippen LogP contribution is 2.19. The average Bonchev–Trinajstić information content (AvgIpc) is 2.47. The fourth-order valence-corrected chi connectivity index (χ4v) is 2.10. The summed E-state index contributed by atoms with van der Waals surface area (Å²) in [4.78, 5) is 11.0. The molecule has 0 aliphatic carbocycles. The van der Waals surface area contributed by atoms with Crippen molar-refractivity contribution in [2.45, 2.75) is 19.8 Å². The van der Waals surface area contributed by atoms with E-state index in [0.717, 1.165) is 12.8 Å². The van der Waals surface area contributed by atoms with Gasteiger partial charge < -0.3 is 10.6 Å². The summed E-state index contributed by atoms with van der Waals surface area (Å²) in [6.45, 7) is 2.10. The molecule has 21 heavy (non-hydrogen) atoms. The number of benzene rings is 2. The molecule has 0 atom stereocenters. The molecule has 2 rings (SSSR count). The number of amides is 1. The van der Waals surface area contributed by atoms with E-state index in [-0.39, 0.29) is 11.7 Å². The number of hydrogen-bond donors (Lipinski definition) is 2. The van der Waals surface area contributed by atoms with Crippen molar-refractivity contribution in [1.29, 1.82) is 0 Å². The third kappa shape index (κ3) is 4.91. The van der Waals surface area contributed by atoms with E-state index in [0.29, 0.717) is 17.9 Å². The molecular formula is C17H19FN2O. The van der Waals surface area contributed by atoms with Crippen molar-refractivity contribution in [3.8, 4) is 0 Å². The largest absolute Gasteiger partial charge is 0.383 e. The molecule has 0 saturated heterocycles. The van der Waals surface area contributed by atoms with E-state index < -0.39 is 0 Å². The lowest BCUT2D eigenvalue weighted by molar-refractivity contribution is -0.114. The summed E-state index contributed by atoms with van der Waals surface area (Å²) in [6.07, 6.45) is 1.86. The Hall–Kier alpha value is -2.36. The first-order valence-electron chi connectivity index (χ1n) is 7.00. The zero-order valence-electron chi connectivity index (χ0n) is 12.0. The maximum absolute atomic E-state index is 13.7.